The number of aromatic nitrogens is 3. The Morgan fingerprint density at radius 2 is 1.91 bits per heavy atom. The maximum Gasteiger partial charge on any atom is 0.439 e. The lowest BCUT2D eigenvalue weighted by Gasteiger charge is -2.08. The number of ether oxygens (including phenoxy) is 2. The van der Waals surface area contributed by atoms with E-state index < -0.39 is 17.5 Å². The summed E-state index contributed by atoms with van der Waals surface area (Å²) in [6, 6.07) is 9.78. The van der Waals surface area contributed by atoms with E-state index in [-0.39, 0.29) is 19.0 Å². The number of rotatable bonds is 8. The lowest BCUT2D eigenvalue weighted by molar-refractivity contribution is -0.137. The zero-order valence-electron chi connectivity index (χ0n) is 18.1. The molecule has 0 aliphatic heterocycles. The molecule has 4 aromatic rings. The predicted molar refractivity (Wildman–Crippen MR) is 125 cm³/mol. The van der Waals surface area contributed by atoms with Crippen molar-refractivity contribution in [1.29, 1.82) is 0 Å². The van der Waals surface area contributed by atoms with Gasteiger partial charge >= 0.3 is 11.9 Å². The summed E-state index contributed by atoms with van der Waals surface area (Å²) in [5, 5.41) is 4.58. The number of hydrogen-bond acceptors (Lipinski definition) is 7. The van der Waals surface area contributed by atoms with Crippen molar-refractivity contribution in [3.63, 3.8) is 0 Å². The van der Waals surface area contributed by atoms with Crippen molar-refractivity contribution in [2.75, 3.05) is 7.11 Å². The Morgan fingerprint density at radius 1 is 1.14 bits per heavy atom. The first-order chi connectivity index (χ1) is 16.7. The van der Waals surface area contributed by atoms with Gasteiger partial charge in [-0.25, -0.2) is 9.78 Å². The molecule has 2 aromatic carbocycles. The topological polar surface area (TPSA) is 90.2 Å². The molecule has 2 heterocycles. The Kier molecular flexibility index (Phi) is 7.39. The lowest BCUT2D eigenvalue weighted by Crippen LogP contribution is -2.03. The number of thiazole rings is 1. The molecule has 12 heteroatoms. The molecule has 7 nitrogen and oxygen atoms in total. The number of nitrogens with one attached hydrogen (secondary N) is 1. The van der Waals surface area contributed by atoms with Gasteiger partial charge in [-0.05, 0) is 42.0 Å². The molecule has 0 aliphatic carbocycles. The minimum absolute atomic E-state index is 0.195. The fraction of sp³-hybridized carbons (Fsp3) is 0.174. The Bertz CT molecular complexity index is 1390. The quantitative estimate of drug-likeness (QED) is 0.302. The van der Waals surface area contributed by atoms with Gasteiger partial charge in [-0.1, -0.05) is 35.0 Å². The van der Waals surface area contributed by atoms with Crippen LogP contribution < -0.4 is 10.5 Å². The van der Waals surface area contributed by atoms with Crippen molar-refractivity contribution in [1.82, 2.24) is 15.1 Å². The summed E-state index contributed by atoms with van der Waals surface area (Å²) in [6.07, 6.45) is -0.964. The van der Waals surface area contributed by atoms with Crippen molar-refractivity contribution in [2.24, 2.45) is 0 Å². The van der Waals surface area contributed by atoms with E-state index in [0.29, 0.717) is 32.6 Å². The second-order valence-corrected chi connectivity index (χ2v) is 8.70. The van der Waals surface area contributed by atoms with Gasteiger partial charge in [0.25, 0.3) is 0 Å². The standard InChI is InChI=1S/C23H17ClF3N3O4S/c1-32-11-18-19(12-33-15-7-8-16(17(24)10-15)21-29-22(31)34-30-21)35-20(28-18)9-4-13-2-5-14(6-3-13)23(25,26)27/h2-10H,11-12H2,1H3,(H,29,30,31)/b9-4+. The number of hydrogen-bond donors (Lipinski definition) is 1. The maximum absolute atomic E-state index is 12.7. The zero-order chi connectivity index (χ0) is 25.0. The maximum atomic E-state index is 12.7. The largest absolute Gasteiger partial charge is 0.488 e. The molecule has 2 aromatic heterocycles. The number of alkyl halides is 3. The number of benzene rings is 2. The highest BCUT2D eigenvalue weighted by Crippen LogP contribution is 2.31. The minimum atomic E-state index is -4.37. The van der Waals surface area contributed by atoms with E-state index in [1.54, 1.807) is 37.5 Å². The van der Waals surface area contributed by atoms with Crippen molar-refractivity contribution >= 4 is 35.1 Å². The van der Waals surface area contributed by atoms with Crippen LogP contribution in [-0.2, 0) is 24.1 Å². The van der Waals surface area contributed by atoms with Crippen molar-refractivity contribution in [3.8, 4) is 17.1 Å². The van der Waals surface area contributed by atoms with Gasteiger partial charge in [0.1, 0.15) is 17.4 Å². The molecule has 0 unspecified atom stereocenters. The van der Waals surface area contributed by atoms with Crippen LogP contribution in [0.2, 0.25) is 5.02 Å². The molecular formula is C23H17ClF3N3O4S. The fourth-order valence-corrected chi connectivity index (χ4v) is 4.20. The Morgan fingerprint density at radius 3 is 2.54 bits per heavy atom. The monoisotopic (exact) mass is 523 g/mol. The number of methoxy groups -OCH3 is 1. The van der Waals surface area contributed by atoms with Crippen LogP contribution in [0.5, 0.6) is 5.75 Å². The van der Waals surface area contributed by atoms with E-state index in [0.717, 1.165) is 17.0 Å². The highest BCUT2D eigenvalue weighted by atomic mass is 35.5. The van der Waals surface area contributed by atoms with Crippen LogP contribution in [0.25, 0.3) is 23.5 Å². The summed E-state index contributed by atoms with van der Waals surface area (Å²) in [5.74, 6) is 0.0134. The molecule has 182 valence electrons. The molecule has 1 N–H and O–H groups in total. The van der Waals surface area contributed by atoms with Gasteiger partial charge < -0.3 is 9.47 Å². The second-order valence-electron chi connectivity index (χ2n) is 7.18. The third-order valence-corrected chi connectivity index (χ3v) is 6.09. The Balaban J connectivity index is 1.46. The van der Waals surface area contributed by atoms with E-state index in [1.165, 1.54) is 23.5 Å². The average Bonchev–Trinajstić information content (AvgIpc) is 3.42. The number of H-pyrrole nitrogens is 1. The van der Waals surface area contributed by atoms with Gasteiger partial charge in [-0.2, -0.15) is 13.2 Å². The summed E-state index contributed by atoms with van der Waals surface area (Å²) in [4.78, 5) is 18.9. The summed E-state index contributed by atoms with van der Waals surface area (Å²) in [5.41, 5.74) is 1.08. The van der Waals surface area contributed by atoms with Crippen LogP contribution >= 0.6 is 22.9 Å². The third-order valence-electron chi connectivity index (χ3n) is 4.74. The van der Waals surface area contributed by atoms with Gasteiger partial charge in [0.2, 0.25) is 0 Å². The van der Waals surface area contributed by atoms with Crippen molar-refractivity contribution in [3.05, 3.63) is 84.7 Å². The number of halogens is 4. The first-order valence-electron chi connectivity index (χ1n) is 10.0. The van der Waals surface area contributed by atoms with E-state index >= 15 is 0 Å². The number of nitrogens with zero attached hydrogens (tertiary/aromatic N) is 2. The van der Waals surface area contributed by atoms with E-state index in [1.807, 2.05) is 0 Å². The molecule has 0 saturated carbocycles. The molecule has 0 radical (unpaired) electrons. The predicted octanol–water partition coefficient (Wildman–Crippen LogP) is 6.05. The Hall–Kier alpha value is -3.41. The molecule has 0 saturated heterocycles. The van der Waals surface area contributed by atoms with Crippen LogP contribution in [0.4, 0.5) is 13.2 Å². The molecule has 35 heavy (non-hydrogen) atoms. The van der Waals surface area contributed by atoms with E-state index in [4.69, 9.17) is 21.1 Å². The summed E-state index contributed by atoms with van der Waals surface area (Å²) in [7, 11) is 1.55. The van der Waals surface area contributed by atoms with Crippen LogP contribution in [0.15, 0.2) is 51.8 Å². The summed E-state index contributed by atoms with van der Waals surface area (Å²) in [6.45, 7) is 0.462. The van der Waals surface area contributed by atoms with Crippen molar-refractivity contribution < 1.29 is 27.2 Å². The highest BCUT2D eigenvalue weighted by Gasteiger charge is 2.29. The van der Waals surface area contributed by atoms with Crippen LogP contribution in [0, 0.1) is 0 Å². The van der Waals surface area contributed by atoms with Gasteiger partial charge in [0, 0.05) is 12.7 Å². The van der Waals surface area contributed by atoms with Gasteiger partial charge in [-0.3, -0.25) is 9.51 Å². The third kappa shape index (κ3) is 6.18. The SMILES string of the molecule is COCc1nc(/C=C/c2ccc(C(F)(F)F)cc2)sc1COc1ccc(-c2noc(=O)[nH]2)c(Cl)c1. The zero-order valence-corrected chi connectivity index (χ0v) is 19.6. The molecule has 0 amide bonds. The molecule has 0 atom stereocenters. The lowest BCUT2D eigenvalue weighted by atomic mass is 10.1. The smallest absolute Gasteiger partial charge is 0.439 e. The first-order valence-corrected chi connectivity index (χ1v) is 11.2. The van der Waals surface area contributed by atoms with Crippen LogP contribution in [-0.4, -0.2) is 22.2 Å². The van der Waals surface area contributed by atoms with Crippen LogP contribution in [0.1, 0.15) is 26.7 Å². The van der Waals surface area contributed by atoms with E-state index in [2.05, 4.69) is 19.6 Å². The number of aromatic amines is 1. The van der Waals surface area contributed by atoms with E-state index in [9.17, 15) is 18.0 Å². The second kappa shape index (κ2) is 10.5. The Labute approximate surface area is 205 Å². The van der Waals surface area contributed by atoms with Gasteiger partial charge in [0.15, 0.2) is 5.82 Å². The molecule has 0 bridgehead atoms. The molecule has 4 rings (SSSR count). The summed E-state index contributed by atoms with van der Waals surface area (Å²) >= 11 is 7.66. The molecule has 0 fully saturated rings. The molecular weight excluding hydrogens is 507 g/mol. The normalized spacial score (nSPS) is 11.9. The fourth-order valence-electron chi connectivity index (χ4n) is 3.06. The van der Waals surface area contributed by atoms with Crippen molar-refractivity contribution in [2.45, 2.75) is 19.4 Å². The van der Waals surface area contributed by atoms with Crippen LogP contribution in [0.3, 0.4) is 0 Å². The summed E-state index contributed by atoms with van der Waals surface area (Å²) < 4.78 is 53.8. The first kappa shape index (κ1) is 24.7. The molecule has 0 aliphatic rings. The highest BCUT2D eigenvalue weighted by molar-refractivity contribution is 7.12. The average molecular weight is 524 g/mol. The van der Waals surface area contributed by atoms with Gasteiger partial charge in [0.05, 0.1) is 27.8 Å². The minimum Gasteiger partial charge on any atom is -0.488 e. The van der Waals surface area contributed by atoms with Gasteiger partial charge in [-0.15, -0.1) is 11.3 Å². The molecule has 0 spiro atoms.